The van der Waals surface area contributed by atoms with Gasteiger partial charge in [-0.2, -0.15) is 0 Å². The highest BCUT2D eigenvalue weighted by Gasteiger charge is 2.36. The van der Waals surface area contributed by atoms with Crippen LogP contribution in [0.5, 0.6) is 0 Å². The molecule has 1 unspecified atom stereocenters. The van der Waals surface area contributed by atoms with Gasteiger partial charge in [-0.25, -0.2) is 0 Å². The minimum atomic E-state index is 0.167. The van der Waals surface area contributed by atoms with E-state index < -0.39 is 0 Å². The van der Waals surface area contributed by atoms with E-state index in [0.29, 0.717) is 6.04 Å². The number of likely N-dealkylation sites (tertiary alicyclic amines) is 1. The van der Waals surface area contributed by atoms with Crippen LogP contribution < -0.4 is 0 Å². The third kappa shape index (κ3) is 2.20. The van der Waals surface area contributed by atoms with E-state index in [-0.39, 0.29) is 5.91 Å². The molecule has 2 aromatic rings. The number of nitrogens with zero attached hydrogens (tertiary/aromatic N) is 4. The summed E-state index contributed by atoms with van der Waals surface area (Å²) in [6.45, 7) is 0.903. The summed E-state index contributed by atoms with van der Waals surface area (Å²) in [4.78, 5) is 15.0. The lowest BCUT2D eigenvalue weighted by Crippen LogP contribution is -2.39. The van der Waals surface area contributed by atoms with E-state index in [1.165, 1.54) is 32.1 Å². The van der Waals surface area contributed by atoms with Crippen LogP contribution in [0.4, 0.5) is 0 Å². The van der Waals surface area contributed by atoms with Gasteiger partial charge in [-0.15, -0.1) is 10.2 Å². The molecule has 3 heterocycles. The van der Waals surface area contributed by atoms with Crippen molar-refractivity contribution >= 4 is 11.6 Å². The van der Waals surface area contributed by atoms with E-state index in [1.54, 1.807) is 6.33 Å². The Kier molecular flexibility index (Phi) is 3.13. The Morgan fingerprint density at radius 1 is 1.14 bits per heavy atom. The summed E-state index contributed by atoms with van der Waals surface area (Å²) < 4.78 is 1.81. The molecule has 110 valence electrons. The summed E-state index contributed by atoms with van der Waals surface area (Å²) in [7, 11) is 0. The molecule has 5 nitrogen and oxygen atoms in total. The Labute approximate surface area is 124 Å². The highest BCUT2D eigenvalue weighted by atomic mass is 16.2. The van der Waals surface area contributed by atoms with Gasteiger partial charge in [-0.05, 0) is 43.7 Å². The normalized spacial score (nSPS) is 23.2. The first-order valence-electron chi connectivity index (χ1n) is 7.93. The molecular weight excluding hydrogens is 264 g/mol. The summed E-state index contributed by atoms with van der Waals surface area (Å²) in [6, 6.07) is 4.19. The number of aromatic nitrogens is 3. The van der Waals surface area contributed by atoms with Crippen molar-refractivity contribution in [2.75, 3.05) is 6.54 Å². The van der Waals surface area contributed by atoms with Gasteiger partial charge in [0.25, 0.3) is 5.91 Å². The van der Waals surface area contributed by atoms with E-state index in [9.17, 15) is 4.79 Å². The molecule has 1 amide bonds. The van der Waals surface area contributed by atoms with Crippen LogP contribution in [0, 0.1) is 5.92 Å². The van der Waals surface area contributed by atoms with Crippen LogP contribution in [0.15, 0.2) is 24.7 Å². The standard InChI is InChI=1S/C16H20N4O/c21-16(13-7-8-15-18-17-11-19(15)10-13)20-9-3-6-14(20)12-4-1-2-5-12/h7-8,10-12,14H,1-6,9H2. The van der Waals surface area contributed by atoms with Crippen molar-refractivity contribution in [1.82, 2.24) is 19.5 Å². The maximum absolute atomic E-state index is 12.9. The molecule has 2 aromatic heterocycles. The van der Waals surface area contributed by atoms with Gasteiger partial charge in [-0.3, -0.25) is 9.20 Å². The minimum absolute atomic E-state index is 0.167. The van der Waals surface area contributed by atoms with Crippen LogP contribution in [-0.4, -0.2) is 38.0 Å². The lowest BCUT2D eigenvalue weighted by atomic mass is 9.95. The van der Waals surface area contributed by atoms with Crippen LogP contribution in [0.2, 0.25) is 0 Å². The second kappa shape index (κ2) is 5.13. The van der Waals surface area contributed by atoms with Gasteiger partial charge in [0.05, 0.1) is 5.56 Å². The maximum Gasteiger partial charge on any atom is 0.255 e. The summed E-state index contributed by atoms with van der Waals surface area (Å²) in [5, 5.41) is 7.85. The van der Waals surface area contributed by atoms with Crippen LogP contribution in [0.3, 0.4) is 0 Å². The van der Waals surface area contributed by atoms with Crippen molar-refractivity contribution in [2.45, 2.75) is 44.6 Å². The van der Waals surface area contributed by atoms with Crippen molar-refractivity contribution in [3.63, 3.8) is 0 Å². The maximum atomic E-state index is 12.9. The van der Waals surface area contributed by atoms with Crippen molar-refractivity contribution in [2.24, 2.45) is 5.92 Å². The van der Waals surface area contributed by atoms with Crippen LogP contribution >= 0.6 is 0 Å². The van der Waals surface area contributed by atoms with Gasteiger partial charge < -0.3 is 4.90 Å². The molecular formula is C16H20N4O. The number of pyridine rings is 1. The fraction of sp³-hybridized carbons (Fsp3) is 0.562. The molecule has 4 rings (SSSR count). The molecule has 0 radical (unpaired) electrons. The zero-order chi connectivity index (χ0) is 14.2. The van der Waals surface area contributed by atoms with E-state index in [1.807, 2.05) is 22.7 Å². The molecule has 1 aliphatic heterocycles. The van der Waals surface area contributed by atoms with Crippen LogP contribution in [-0.2, 0) is 0 Å². The van der Waals surface area contributed by atoms with Gasteiger partial charge in [0.15, 0.2) is 5.65 Å². The fourth-order valence-electron chi connectivity index (χ4n) is 4.00. The monoisotopic (exact) mass is 284 g/mol. The minimum Gasteiger partial charge on any atom is -0.335 e. The average molecular weight is 284 g/mol. The molecule has 0 N–H and O–H groups in total. The second-order valence-electron chi connectivity index (χ2n) is 6.27. The van der Waals surface area contributed by atoms with E-state index in [4.69, 9.17) is 0 Å². The number of hydrogen-bond donors (Lipinski definition) is 0. The van der Waals surface area contributed by atoms with Crippen molar-refractivity contribution in [3.8, 4) is 0 Å². The van der Waals surface area contributed by atoms with Gasteiger partial charge >= 0.3 is 0 Å². The Bertz CT molecular complexity index is 659. The second-order valence-corrected chi connectivity index (χ2v) is 6.27. The largest absolute Gasteiger partial charge is 0.335 e. The summed E-state index contributed by atoms with van der Waals surface area (Å²) in [5.41, 5.74) is 1.52. The van der Waals surface area contributed by atoms with E-state index in [2.05, 4.69) is 15.1 Å². The molecule has 0 bridgehead atoms. The van der Waals surface area contributed by atoms with Gasteiger partial charge in [0.2, 0.25) is 0 Å². The molecule has 1 saturated heterocycles. The van der Waals surface area contributed by atoms with Crippen LogP contribution in [0.25, 0.3) is 5.65 Å². The Balaban J connectivity index is 1.60. The molecule has 2 fully saturated rings. The SMILES string of the molecule is O=C(c1ccc2nncn2c1)N1CCCC1C1CCCC1. The number of hydrogen-bond acceptors (Lipinski definition) is 3. The first kappa shape index (κ1) is 12.8. The molecule has 1 saturated carbocycles. The fourth-order valence-corrected chi connectivity index (χ4v) is 4.00. The molecule has 2 aliphatic rings. The summed E-state index contributed by atoms with van der Waals surface area (Å²) >= 11 is 0. The zero-order valence-corrected chi connectivity index (χ0v) is 12.1. The third-order valence-corrected chi connectivity index (χ3v) is 5.04. The molecule has 21 heavy (non-hydrogen) atoms. The predicted octanol–water partition coefficient (Wildman–Crippen LogP) is 2.52. The quantitative estimate of drug-likeness (QED) is 0.851. The van der Waals surface area contributed by atoms with Crippen molar-refractivity contribution < 1.29 is 4.79 Å². The molecule has 0 spiro atoms. The number of fused-ring (bicyclic) bond motifs is 1. The first-order valence-corrected chi connectivity index (χ1v) is 7.93. The summed E-state index contributed by atoms with van der Waals surface area (Å²) in [6.07, 6.45) is 11.0. The third-order valence-electron chi connectivity index (χ3n) is 5.04. The van der Waals surface area contributed by atoms with Gasteiger partial charge in [-0.1, -0.05) is 12.8 Å². The van der Waals surface area contributed by atoms with Gasteiger partial charge in [0, 0.05) is 18.8 Å². The summed E-state index contributed by atoms with van der Waals surface area (Å²) in [5.74, 6) is 0.884. The van der Waals surface area contributed by atoms with Crippen molar-refractivity contribution in [1.29, 1.82) is 0 Å². The number of amides is 1. The lowest BCUT2D eigenvalue weighted by molar-refractivity contribution is 0.0688. The Morgan fingerprint density at radius 2 is 2.00 bits per heavy atom. The number of rotatable bonds is 2. The number of carbonyl (C=O) groups excluding carboxylic acids is 1. The molecule has 1 atom stereocenters. The van der Waals surface area contributed by atoms with E-state index in [0.717, 1.165) is 30.1 Å². The average Bonchev–Trinajstić information content (AvgIpc) is 3.24. The van der Waals surface area contributed by atoms with Gasteiger partial charge in [0.1, 0.15) is 6.33 Å². The highest BCUT2D eigenvalue weighted by Crippen LogP contribution is 2.36. The van der Waals surface area contributed by atoms with Crippen molar-refractivity contribution in [3.05, 3.63) is 30.2 Å². The molecule has 5 heteroatoms. The Hall–Kier alpha value is -1.91. The zero-order valence-electron chi connectivity index (χ0n) is 12.1. The topological polar surface area (TPSA) is 50.5 Å². The van der Waals surface area contributed by atoms with E-state index >= 15 is 0 Å². The molecule has 1 aliphatic carbocycles. The predicted molar refractivity (Wildman–Crippen MR) is 79.0 cm³/mol. The Morgan fingerprint density at radius 3 is 2.86 bits per heavy atom. The van der Waals surface area contributed by atoms with Crippen LogP contribution in [0.1, 0.15) is 48.9 Å². The molecule has 0 aromatic carbocycles. The highest BCUT2D eigenvalue weighted by molar-refractivity contribution is 5.94. The first-order chi connectivity index (χ1) is 10.3. The smallest absolute Gasteiger partial charge is 0.255 e. The lowest BCUT2D eigenvalue weighted by Gasteiger charge is -2.29. The number of carbonyl (C=O) groups is 1.